The third kappa shape index (κ3) is 3.44. The molecule has 5 rings (SSSR count). The molecule has 0 radical (unpaired) electrons. The summed E-state index contributed by atoms with van der Waals surface area (Å²) in [6.07, 6.45) is 0. The maximum atomic E-state index is 13.3. The van der Waals surface area contributed by atoms with Gasteiger partial charge in [0.15, 0.2) is 0 Å². The SMILES string of the molecule is COc1ccc(/C(O)=C2\C(=O)C(=O)N(c3nnc(C)s3)[C@H]2c2cccc3ccccc23)cc1. The second-order valence-electron chi connectivity index (χ2n) is 7.57. The minimum Gasteiger partial charge on any atom is -0.507 e. The van der Waals surface area contributed by atoms with Crippen LogP contribution in [0.2, 0.25) is 0 Å². The van der Waals surface area contributed by atoms with Gasteiger partial charge in [-0.1, -0.05) is 53.8 Å². The lowest BCUT2D eigenvalue weighted by atomic mass is 9.92. The quantitative estimate of drug-likeness (QED) is 0.273. The van der Waals surface area contributed by atoms with Crippen LogP contribution in [0.1, 0.15) is 22.2 Å². The van der Waals surface area contributed by atoms with Gasteiger partial charge < -0.3 is 9.84 Å². The Hall–Kier alpha value is -4.04. The predicted molar refractivity (Wildman–Crippen MR) is 126 cm³/mol. The fourth-order valence-corrected chi connectivity index (χ4v) is 4.82. The standard InChI is InChI=1S/C25H19N3O4S/c1-14-26-27-25(33-14)28-21(19-9-5-7-15-6-3-4-8-18(15)19)20(23(30)24(28)31)22(29)16-10-12-17(32-2)13-11-16/h3-13,21,29H,1-2H3/b22-20+/t21-/m0/s1. The highest BCUT2D eigenvalue weighted by atomic mass is 32.1. The van der Waals surface area contributed by atoms with Crippen LogP contribution in [0.15, 0.2) is 72.3 Å². The van der Waals surface area contributed by atoms with E-state index in [0.717, 1.165) is 16.3 Å². The molecule has 1 saturated heterocycles. The van der Waals surface area contributed by atoms with E-state index >= 15 is 0 Å². The van der Waals surface area contributed by atoms with Crippen LogP contribution in [0.4, 0.5) is 5.13 Å². The normalized spacial score (nSPS) is 17.6. The Morgan fingerprint density at radius 2 is 1.73 bits per heavy atom. The number of nitrogens with zero attached hydrogens (tertiary/aromatic N) is 3. The fraction of sp³-hybridized carbons (Fsp3) is 0.120. The van der Waals surface area contributed by atoms with Crippen molar-refractivity contribution in [1.82, 2.24) is 10.2 Å². The molecule has 2 heterocycles. The molecule has 7 nitrogen and oxygen atoms in total. The van der Waals surface area contributed by atoms with E-state index in [1.807, 2.05) is 42.5 Å². The van der Waals surface area contributed by atoms with E-state index in [1.54, 1.807) is 38.3 Å². The lowest BCUT2D eigenvalue weighted by Gasteiger charge is -2.24. The molecule has 1 fully saturated rings. The number of methoxy groups -OCH3 is 1. The molecule has 1 aromatic heterocycles. The molecular formula is C25H19N3O4S. The van der Waals surface area contributed by atoms with Crippen LogP contribution in [0, 0.1) is 6.92 Å². The largest absolute Gasteiger partial charge is 0.507 e. The van der Waals surface area contributed by atoms with Crippen LogP contribution in [0.5, 0.6) is 5.75 Å². The van der Waals surface area contributed by atoms with E-state index in [4.69, 9.17) is 4.74 Å². The minimum atomic E-state index is -0.856. The zero-order valence-electron chi connectivity index (χ0n) is 17.9. The molecule has 0 spiro atoms. The van der Waals surface area contributed by atoms with Crippen molar-refractivity contribution in [1.29, 1.82) is 0 Å². The Morgan fingerprint density at radius 1 is 1.00 bits per heavy atom. The molecule has 1 aliphatic heterocycles. The summed E-state index contributed by atoms with van der Waals surface area (Å²) in [4.78, 5) is 27.8. The van der Waals surface area contributed by atoms with Crippen molar-refractivity contribution >= 4 is 44.7 Å². The maximum absolute atomic E-state index is 13.3. The van der Waals surface area contributed by atoms with Crippen LogP contribution in [-0.4, -0.2) is 34.1 Å². The molecule has 4 aromatic rings. The smallest absolute Gasteiger partial charge is 0.301 e. The van der Waals surface area contributed by atoms with Crippen molar-refractivity contribution in [3.05, 3.63) is 88.4 Å². The number of benzene rings is 3. The number of Topliss-reactive ketones (excluding diaryl/α,β-unsaturated/α-hetero) is 1. The number of aromatic nitrogens is 2. The predicted octanol–water partition coefficient (Wildman–Crippen LogP) is 4.63. The van der Waals surface area contributed by atoms with E-state index in [0.29, 0.717) is 21.5 Å². The number of ketones is 1. The van der Waals surface area contributed by atoms with E-state index in [2.05, 4.69) is 10.2 Å². The lowest BCUT2D eigenvalue weighted by Crippen LogP contribution is -2.29. The monoisotopic (exact) mass is 457 g/mol. The zero-order valence-corrected chi connectivity index (χ0v) is 18.7. The number of rotatable bonds is 4. The van der Waals surface area contributed by atoms with E-state index in [-0.39, 0.29) is 11.3 Å². The number of aliphatic hydroxyl groups excluding tert-OH is 1. The number of carbonyl (C=O) groups excluding carboxylic acids is 2. The molecule has 33 heavy (non-hydrogen) atoms. The Kier molecular flexibility index (Phi) is 5.14. The van der Waals surface area contributed by atoms with Gasteiger partial charge in [0.1, 0.15) is 16.5 Å². The topological polar surface area (TPSA) is 92.6 Å². The van der Waals surface area contributed by atoms with Gasteiger partial charge >= 0.3 is 5.91 Å². The van der Waals surface area contributed by atoms with Crippen molar-refractivity contribution < 1.29 is 19.4 Å². The van der Waals surface area contributed by atoms with Crippen LogP contribution >= 0.6 is 11.3 Å². The summed E-state index contributed by atoms with van der Waals surface area (Å²) in [5.41, 5.74) is 1.14. The number of fused-ring (bicyclic) bond motifs is 1. The summed E-state index contributed by atoms with van der Waals surface area (Å²) >= 11 is 1.22. The molecule has 0 unspecified atom stereocenters. The summed E-state index contributed by atoms with van der Waals surface area (Å²) in [5, 5.41) is 22.2. The summed E-state index contributed by atoms with van der Waals surface area (Å²) in [7, 11) is 1.55. The first-order chi connectivity index (χ1) is 16.0. The molecule has 1 N–H and O–H groups in total. The van der Waals surface area contributed by atoms with Crippen molar-refractivity contribution in [2.45, 2.75) is 13.0 Å². The average Bonchev–Trinajstić information content (AvgIpc) is 3.38. The number of aliphatic hydroxyl groups is 1. The molecular weight excluding hydrogens is 438 g/mol. The minimum absolute atomic E-state index is 0.00868. The van der Waals surface area contributed by atoms with Gasteiger partial charge in [-0.05, 0) is 47.5 Å². The van der Waals surface area contributed by atoms with Crippen molar-refractivity contribution in [2.75, 3.05) is 12.0 Å². The number of carbonyl (C=O) groups is 2. The van der Waals surface area contributed by atoms with Gasteiger partial charge in [0.2, 0.25) is 5.13 Å². The Balaban J connectivity index is 1.78. The van der Waals surface area contributed by atoms with Crippen molar-refractivity contribution in [3.63, 3.8) is 0 Å². The van der Waals surface area contributed by atoms with Crippen LogP contribution < -0.4 is 9.64 Å². The third-order valence-corrected chi connectivity index (χ3v) is 6.49. The molecule has 1 atom stereocenters. The second-order valence-corrected chi connectivity index (χ2v) is 8.73. The molecule has 3 aromatic carbocycles. The highest BCUT2D eigenvalue weighted by Crippen LogP contribution is 2.44. The summed E-state index contributed by atoms with van der Waals surface area (Å²) in [6, 6.07) is 19.2. The summed E-state index contributed by atoms with van der Waals surface area (Å²) < 4.78 is 5.19. The van der Waals surface area contributed by atoms with Gasteiger partial charge in [0.05, 0.1) is 18.7 Å². The first kappa shape index (κ1) is 20.8. The van der Waals surface area contributed by atoms with Crippen LogP contribution in [0.25, 0.3) is 16.5 Å². The number of anilines is 1. The Morgan fingerprint density at radius 3 is 2.42 bits per heavy atom. The molecule has 1 amide bonds. The van der Waals surface area contributed by atoms with Crippen molar-refractivity contribution in [3.8, 4) is 5.75 Å². The lowest BCUT2D eigenvalue weighted by molar-refractivity contribution is -0.132. The number of aryl methyl sites for hydroxylation is 1. The number of hydrogen-bond acceptors (Lipinski definition) is 7. The van der Waals surface area contributed by atoms with Gasteiger partial charge in [0, 0.05) is 5.56 Å². The second kappa shape index (κ2) is 8.14. The van der Waals surface area contributed by atoms with Gasteiger partial charge in [-0.15, -0.1) is 10.2 Å². The summed E-state index contributed by atoms with van der Waals surface area (Å²) in [6.45, 7) is 1.78. The highest BCUT2D eigenvalue weighted by molar-refractivity contribution is 7.15. The first-order valence-corrected chi connectivity index (χ1v) is 11.0. The van der Waals surface area contributed by atoms with Crippen molar-refractivity contribution in [2.24, 2.45) is 0 Å². The number of amides is 1. The molecule has 0 aliphatic carbocycles. The molecule has 164 valence electrons. The highest BCUT2D eigenvalue weighted by Gasteiger charge is 2.48. The van der Waals surface area contributed by atoms with E-state index in [9.17, 15) is 14.7 Å². The average molecular weight is 458 g/mol. The van der Waals surface area contributed by atoms with Crippen LogP contribution in [0.3, 0.4) is 0 Å². The summed E-state index contributed by atoms with van der Waals surface area (Å²) in [5.74, 6) is -1.16. The van der Waals surface area contributed by atoms with E-state index < -0.39 is 17.7 Å². The fourth-order valence-electron chi connectivity index (χ4n) is 4.10. The molecule has 8 heteroatoms. The van der Waals surface area contributed by atoms with E-state index in [1.165, 1.54) is 16.2 Å². The van der Waals surface area contributed by atoms with Gasteiger partial charge in [0.25, 0.3) is 5.78 Å². The number of ether oxygens (including phenoxy) is 1. The van der Waals surface area contributed by atoms with Gasteiger partial charge in [-0.25, -0.2) is 0 Å². The Labute approximate surface area is 193 Å². The molecule has 0 bridgehead atoms. The zero-order chi connectivity index (χ0) is 23.1. The molecule has 0 saturated carbocycles. The Bertz CT molecular complexity index is 1420. The molecule has 1 aliphatic rings. The maximum Gasteiger partial charge on any atom is 0.301 e. The van der Waals surface area contributed by atoms with Crippen LogP contribution in [-0.2, 0) is 9.59 Å². The third-order valence-electron chi connectivity index (χ3n) is 5.65. The van der Waals surface area contributed by atoms with Gasteiger partial charge in [-0.3, -0.25) is 14.5 Å². The van der Waals surface area contributed by atoms with Gasteiger partial charge in [-0.2, -0.15) is 0 Å². The number of hydrogen-bond donors (Lipinski definition) is 1. The first-order valence-electron chi connectivity index (χ1n) is 10.2.